The maximum atomic E-state index is 13.4. The first-order valence-corrected chi connectivity index (χ1v) is 7.69. The van der Waals surface area contributed by atoms with Gasteiger partial charge in [0.1, 0.15) is 18.0 Å². The highest BCUT2D eigenvalue weighted by Crippen LogP contribution is 2.20. The van der Waals surface area contributed by atoms with E-state index in [9.17, 15) is 4.39 Å². The number of rotatable bonds is 4. The molecule has 3 rings (SSSR count). The predicted molar refractivity (Wildman–Crippen MR) is 90.8 cm³/mol. The van der Waals surface area contributed by atoms with E-state index < -0.39 is 0 Å². The third-order valence-electron chi connectivity index (χ3n) is 3.22. The Hall–Kier alpha value is -1.76. The van der Waals surface area contributed by atoms with Crippen molar-refractivity contribution in [3.05, 3.63) is 63.7 Å². The highest BCUT2D eigenvalue weighted by Gasteiger charge is 2.04. The van der Waals surface area contributed by atoms with Crippen molar-refractivity contribution >= 4 is 39.3 Å². The van der Waals surface area contributed by atoms with Crippen LogP contribution in [0.25, 0.3) is 10.9 Å². The number of benzene rings is 2. The molecule has 1 heterocycles. The smallest absolute Gasteiger partial charge is 0.137 e. The normalized spacial score (nSPS) is 10.8. The second-order valence-electron chi connectivity index (χ2n) is 4.69. The van der Waals surface area contributed by atoms with Gasteiger partial charge in [-0.1, -0.05) is 12.1 Å². The molecular formula is C16H13FIN3. The number of aromatic nitrogens is 2. The topological polar surface area (TPSA) is 37.8 Å². The minimum Gasteiger partial charge on any atom is -0.369 e. The molecular weight excluding hydrogens is 380 g/mol. The SMILES string of the molecule is Fc1ccc2ncnc(NCCc3ccc(I)cc3)c2c1. The van der Waals surface area contributed by atoms with Gasteiger partial charge in [-0.15, -0.1) is 0 Å². The molecule has 0 saturated heterocycles. The van der Waals surface area contributed by atoms with E-state index in [1.165, 1.54) is 27.6 Å². The Balaban J connectivity index is 1.73. The summed E-state index contributed by atoms with van der Waals surface area (Å²) in [6, 6.07) is 12.9. The van der Waals surface area contributed by atoms with Gasteiger partial charge in [-0.05, 0) is 64.9 Å². The molecule has 0 fully saturated rings. The summed E-state index contributed by atoms with van der Waals surface area (Å²) >= 11 is 2.29. The summed E-state index contributed by atoms with van der Waals surface area (Å²) in [5.41, 5.74) is 2.00. The number of hydrogen-bond acceptors (Lipinski definition) is 3. The largest absolute Gasteiger partial charge is 0.369 e. The first-order chi connectivity index (χ1) is 10.2. The minimum absolute atomic E-state index is 0.280. The van der Waals surface area contributed by atoms with Crippen molar-refractivity contribution in [2.24, 2.45) is 0 Å². The molecule has 0 atom stereocenters. The number of nitrogens with one attached hydrogen (secondary N) is 1. The lowest BCUT2D eigenvalue weighted by atomic mass is 10.1. The Morgan fingerprint density at radius 2 is 1.86 bits per heavy atom. The monoisotopic (exact) mass is 393 g/mol. The summed E-state index contributed by atoms with van der Waals surface area (Å²) in [6.45, 7) is 0.739. The van der Waals surface area contributed by atoms with Gasteiger partial charge in [0.25, 0.3) is 0 Å². The zero-order valence-corrected chi connectivity index (χ0v) is 13.3. The van der Waals surface area contributed by atoms with Crippen LogP contribution in [-0.2, 0) is 6.42 Å². The maximum absolute atomic E-state index is 13.4. The fraction of sp³-hybridized carbons (Fsp3) is 0.125. The molecule has 0 bridgehead atoms. The van der Waals surface area contributed by atoms with Crippen LogP contribution in [0.4, 0.5) is 10.2 Å². The first-order valence-electron chi connectivity index (χ1n) is 6.61. The van der Waals surface area contributed by atoms with E-state index in [0.29, 0.717) is 11.2 Å². The highest BCUT2D eigenvalue weighted by atomic mass is 127. The van der Waals surface area contributed by atoms with Gasteiger partial charge in [-0.25, -0.2) is 14.4 Å². The number of hydrogen-bond donors (Lipinski definition) is 1. The van der Waals surface area contributed by atoms with Gasteiger partial charge in [0, 0.05) is 15.5 Å². The van der Waals surface area contributed by atoms with Gasteiger partial charge in [0.15, 0.2) is 0 Å². The van der Waals surface area contributed by atoms with E-state index in [2.05, 4.69) is 62.1 Å². The fourth-order valence-corrected chi connectivity index (χ4v) is 2.51. The molecule has 0 aliphatic heterocycles. The Bertz CT molecular complexity index is 759. The maximum Gasteiger partial charge on any atom is 0.137 e. The predicted octanol–water partition coefficient (Wildman–Crippen LogP) is 4.03. The van der Waals surface area contributed by atoms with Gasteiger partial charge in [0.2, 0.25) is 0 Å². The van der Waals surface area contributed by atoms with E-state index in [0.717, 1.165) is 18.5 Å². The average molecular weight is 393 g/mol. The van der Waals surface area contributed by atoms with Gasteiger partial charge in [-0.3, -0.25) is 0 Å². The van der Waals surface area contributed by atoms with Crippen LogP contribution in [0.1, 0.15) is 5.56 Å². The van der Waals surface area contributed by atoms with Gasteiger partial charge in [0.05, 0.1) is 5.52 Å². The van der Waals surface area contributed by atoms with E-state index in [1.807, 2.05) is 0 Å². The van der Waals surface area contributed by atoms with Crippen LogP contribution in [-0.4, -0.2) is 16.5 Å². The van der Waals surface area contributed by atoms with Crippen LogP contribution in [0.3, 0.4) is 0 Å². The second-order valence-corrected chi connectivity index (χ2v) is 5.93. The molecule has 1 N–H and O–H groups in total. The van der Waals surface area contributed by atoms with Gasteiger partial charge < -0.3 is 5.32 Å². The van der Waals surface area contributed by atoms with Crippen molar-refractivity contribution in [1.82, 2.24) is 9.97 Å². The molecule has 2 aromatic carbocycles. The summed E-state index contributed by atoms with van der Waals surface area (Å²) < 4.78 is 14.6. The second kappa shape index (κ2) is 6.34. The van der Waals surface area contributed by atoms with Gasteiger partial charge in [-0.2, -0.15) is 0 Å². The first kappa shape index (κ1) is 14.2. The molecule has 1 aromatic heterocycles. The van der Waals surface area contributed by atoms with Crippen LogP contribution < -0.4 is 5.32 Å². The van der Waals surface area contributed by atoms with Gasteiger partial charge >= 0.3 is 0 Å². The van der Waals surface area contributed by atoms with Crippen LogP contribution in [0.5, 0.6) is 0 Å². The van der Waals surface area contributed by atoms with Crippen LogP contribution in [0.2, 0.25) is 0 Å². The summed E-state index contributed by atoms with van der Waals surface area (Å²) in [4.78, 5) is 8.34. The fourth-order valence-electron chi connectivity index (χ4n) is 2.15. The lowest BCUT2D eigenvalue weighted by Gasteiger charge is -2.08. The summed E-state index contributed by atoms with van der Waals surface area (Å²) in [5, 5.41) is 3.97. The molecule has 21 heavy (non-hydrogen) atoms. The number of halogens is 2. The standard InChI is InChI=1S/C16H13FIN3/c17-12-3-6-15-14(9-12)16(21-10-20-15)19-8-7-11-1-4-13(18)5-2-11/h1-6,9-10H,7-8H2,(H,19,20,21). The van der Waals surface area contributed by atoms with Crippen molar-refractivity contribution in [1.29, 1.82) is 0 Å². The van der Waals surface area contributed by atoms with Crippen molar-refractivity contribution in [3.8, 4) is 0 Å². The Labute approximate surface area is 135 Å². The number of anilines is 1. The summed E-state index contributed by atoms with van der Waals surface area (Å²) in [6.07, 6.45) is 2.38. The Kier molecular flexibility index (Phi) is 4.28. The average Bonchev–Trinajstić information content (AvgIpc) is 2.50. The zero-order chi connectivity index (χ0) is 14.7. The highest BCUT2D eigenvalue weighted by molar-refractivity contribution is 14.1. The van der Waals surface area contributed by atoms with Crippen molar-refractivity contribution in [3.63, 3.8) is 0 Å². The van der Waals surface area contributed by atoms with E-state index in [4.69, 9.17) is 0 Å². The summed E-state index contributed by atoms with van der Waals surface area (Å²) in [7, 11) is 0. The molecule has 5 heteroatoms. The molecule has 0 amide bonds. The van der Waals surface area contributed by atoms with Crippen LogP contribution >= 0.6 is 22.6 Å². The van der Waals surface area contributed by atoms with E-state index >= 15 is 0 Å². The molecule has 0 radical (unpaired) electrons. The molecule has 3 nitrogen and oxygen atoms in total. The minimum atomic E-state index is -0.280. The molecule has 0 aliphatic rings. The van der Waals surface area contributed by atoms with Crippen molar-refractivity contribution in [2.45, 2.75) is 6.42 Å². The van der Waals surface area contributed by atoms with E-state index in [1.54, 1.807) is 6.07 Å². The zero-order valence-electron chi connectivity index (χ0n) is 11.2. The van der Waals surface area contributed by atoms with Crippen LogP contribution in [0, 0.1) is 9.39 Å². The number of fused-ring (bicyclic) bond motifs is 1. The third kappa shape index (κ3) is 3.47. The quantitative estimate of drug-likeness (QED) is 0.681. The molecule has 0 aliphatic carbocycles. The third-order valence-corrected chi connectivity index (χ3v) is 3.94. The van der Waals surface area contributed by atoms with E-state index in [-0.39, 0.29) is 5.82 Å². The van der Waals surface area contributed by atoms with Crippen molar-refractivity contribution < 1.29 is 4.39 Å². The Morgan fingerprint density at radius 3 is 2.67 bits per heavy atom. The Morgan fingerprint density at radius 1 is 1.05 bits per heavy atom. The number of nitrogens with zero attached hydrogens (tertiary/aromatic N) is 2. The van der Waals surface area contributed by atoms with Crippen molar-refractivity contribution in [2.75, 3.05) is 11.9 Å². The van der Waals surface area contributed by atoms with Crippen LogP contribution in [0.15, 0.2) is 48.8 Å². The lowest BCUT2D eigenvalue weighted by Crippen LogP contribution is -2.07. The lowest BCUT2D eigenvalue weighted by molar-refractivity contribution is 0.629. The molecule has 0 spiro atoms. The molecule has 3 aromatic rings. The summed E-state index contributed by atoms with van der Waals surface area (Å²) in [5.74, 6) is 0.392. The molecule has 0 unspecified atom stereocenters. The molecule has 106 valence electrons. The molecule has 0 saturated carbocycles.